The van der Waals surface area contributed by atoms with E-state index in [9.17, 15) is 4.39 Å². The van der Waals surface area contributed by atoms with Crippen LogP contribution in [0, 0.1) is 19.7 Å². The van der Waals surface area contributed by atoms with Gasteiger partial charge < -0.3 is 5.32 Å². The minimum Gasteiger partial charge on any atom is -0.360 e. The van der Waals surface area contributed by atoms with Gasteiger partial charge in [0.25, 0.3) is 0 Å². The fourth-order valence-electron chi connectivity index (χ4n) is 1.20. The normalized spacial score (nSPS) is 9.58. The lowest BCUT2D eigenvalue weighted by Gasteiger charge is -2.07. The third-order valence-corrected chi connectivity index (χ3v) is 1.68. The van der Waals surface area contributed by atoms with Crippen LogP contribution >= 0.6 is 0 Å². The van der Waals surface area contributed by atoms with E-state index in [0.717, 1.165) is 11.1 Å². The lowest BCUT2D eigenvalue weighted by atomic mass is 10.1. The Balaban J connectivity index is 3.18. The summed E-state index contributed by atoms with van der Waals surface area (Å²) in [5, 5.41) is 2.76. The molecule has 0 atom stereocenters. The second kappa shape index (κ2) is 3.39. The van der Waals surface area contributed by atoms with Crippen LogP contribution in [0.2, 0.25) is 0 Å². The molecule has 0 fully saturated rings. The minimum absolute atomic E-state index is 0.229. The van der Waals surface area contributed by atoms with Gasteiger partial charge in [0, 0.05) is 0 Å². The van der Waals surface area contributed by atoms with Crippen molar-refractivity contribution in [2.45, 2.75) is 13.8 Å². The maximum Gasteiger partial charge on any atom is 0.147 e. The van der Waals surface area contributed by atoms with Gasteiger partial charge in [0.1, 0.15) is 5.82 Å². The summed E-state index contributed by atoms with van der Waals surface area (Å²) in [6.45, 7) is 7.21. The molecular weight excluding hydrogens is 153 g/mol. The van der Waals surface area contributed by atoms with E-state index in [4.69, 9.17) is 0 Å². The first-order valence-electron chi connectivity index (χ1n) is 3.79. The summed E-state index contributed by atoms with van der Waals surface area (Å²) >= 11 is 0. The number of rotatable bonds is 2. The summed E-state index contributed by atoms with van der Waals surface area (Å²) in [6, 6.07) is 3.42. The highest BCUT2D eigenvalue weighted by Crippen LogP contribution is 2.20. The number of aryl methyl sites for hydroxylation is 2. The fourth-order valence-corrected chi connectivity index (χ4v) is 1.20. The Morgan fingerprint density at radius 2 is 2.08 bits per heavy atom. The highest BCUT2D eigenvalue weighted by atomic mass is 19.1. The van der Waals surface area contributed by atoms with Crippen LogP contribution in [0.1, 0.15) is 11.1 Å². The van der Waals surface area contributed by atoms with Crippen molar-refractivity contribution < 1.29 is 4.39 Å². The molecule has 1 rings (SSSR count). The molecule has 0 heterocycles. The largest absolute Gasteiger partial charge is 0.360 e. The van der Waals surface area contributed by atoms with Crippen LogP contribution in [0.5, 0.6) is 0 Å². The lowest BCUT2D eigenvalue weighted by molar-refractivity contribution is 0.629. The first kappa shape index (κ1) is 8.78. The highest BCUT2D eigenvalue weighted by molar-refractivity contribution is 5.54. The fraction of sp³-hybridized carbons (Fsp3) is 0.200. The third kappa shape index (κ3) is 1.64. The van der Waals surface area contributed by atoms with Crippen LogP contribution in [-0.2, 0) is 0 Å². The molecule has 0 amide bonds. The number of anilines is 1. The molecule has 0 bridgehead atoms. The van der Waals surface area contributed by atoms with E-state index in [1.807, 2.05) is 19.9 Å². The Bertz CT molecular complexity index is 282. The molecule has 2 heteroatoms. The van der Waals surface area contributed by atoms with Gasteiger partial charge in [0.15, 0.2) is 0 Å². The van der Waals surface area contributed by atoms with E-state index in [1.165, 1.54) is 12.3 Å². The first-order valence-corrected chi connectivity index (χ1v) is 3.79. The molecule has 0 aliphatic rings. The second-order valence-electron chi connectivity index (χ2n) is 2.79. The van der Waals surface area contributed by atoms with Gasteiger partial charge in [-0.15, -0.1) is 0 Å². The quantitative estimate of drug-likeness (QED) is 0.710. The van der Waals surface area contributed by atoms with Crippen LogP contribution in [0.3, 0.4) is 0 Å². The molecule has 64 valence electrons. The Morgan fingerprint density at radius 3 is 2.58 bits per heavy atom. The molecular formula is C10H12FN. The molecule has 1 aromatic carbocycles. The van der Waals surface area contributed by atoms with Gasteiger partial charge >= 0.3 is 0 Å². The maximum atomic E-state index is 13.2. The average Bonchev–Trinajstić information content (AvgIpc) is 1.96. The van der Waals surface area contributed by atoms with Crippen molar-refractivity contribution in [1.29, 1.82) is 0 Å². The van der Waals surface area contributed by atoms with E-state index < -0.39 is 0 Å². The molecule has 0 saturated heterocycles. The van der Waals surface area contributed by atoms with E-state index in [2.05, 4.69) is 11.9 Å². The van der Waals surface area contributed by atoms with Gasteiger partial charge in [-0.25, -0.2) is 4.39 Å². The smallest absolute Gasteiger partial charge is 0.147 e. The summed E-state index contributed by atoms with van der Waals surface area (Å²) in [4.78, 5) is 0. The molecule has 0 aromatic heterocycles. The number of halogens is 1. The summed E-state index contributed by atoms with van der Waals surface area (Å²) in [5.41, 5.74) is 2.34. The second-order valence-corrected chi connectivity index (χ2v) is 2.79. The zero-order valence-electron chi connectivity index (χ0n) is 7.32. The van der Waals surface area contributed by atoms with Gasteiger partial charge in [0.05, 0.1) is 5.69 Å². The first-order chi connectivity index (χ1) is 5.65. The van der Waals surface area contributed by atoms with E-state index in [-0.39, 0.29) is 5.82 Å². The zero-order valence-corrected chi connectivity index (χ0v) is 7.32. The number of hydrogen-bond acceptors (Lipinski definition) is 1. The van der Waals surface area contributed by atoms with Gasteiger partial charge in [-0.3, -0.25) is 0 Å². The van der Waals surface area contributed by atoms with Crippen molar-refractivity contribution in [3.05, 3.63) is 41.9 Å². The van der Waals surface area contributed by atoms with Crippen molar-refractivity contribution in [2.24, 2.45) is 0 Å². The molecule has 0 spiro atoms. The lowest BCUT2D eigenvalue weighted by Crippen LogP contribution is -1.95. The Kier molecular flexibility index (Phi) is 2.48. The zero-order chi connectivity index (χ0) is 9.14. The number of hydrogen-bond donors (Lipinski definition) is 1. The molecule has 0 radical (unpaired) electrons. The van der Waals surface area contributed by atoms with Crippen molar-refractivity contribution in [2.75, 3.05) is 5.32 Å². The molecule has 1 aromatic rings. The molecule has 0 aliphatic heterocycles. The van der Waals surface area contributed by atoms with E-state index >= 15 is 0 Å². The van der Waals surface area contributed by atoms with Gasteiger partial charge in [-0.05, 0) is 37.2 Å². The molecule has 1 nitrogen and oxygen atoms in total. The van der Waals surface area contributed by atoms with Crippen LogP contribution in [0.15, 0.2) is 24.9 Å². The van der Waals surface area contributed by atoms with Gasteiger partial charge in [-0.1, -0.05) is 12.6 Å². The number of nitrogens with one attached hydrogen (secondary N) is 1. The Hall–Kier alpha value is -1.31. The summed E-state index contributed by atoms with van der Waals surface area (Å²) in [7, 11) is 0. The molecule has 0 saturated carbocycles. The monoisotopic (exact) mass is 165 g/mol. The van der Waals surface area contributed by atoms with E-state index in [0.29, 0.717) is 5.69 Å². The van der Waals surface area contributed by atoms with Gasteiger partial charge in [-0.2, -0.15) is 0 Å². The topological polar surface area (TPSA) is 12.0 Å². The van der Waals surface area contributed by atoms with Gasteiger partial charge in [0.2, 0.25) is 0 Å². The predicted octanol–water partition coefficient (Wildman–Crippen LogP) is 3.00. The third-order valence-electron chi connectivity index (χ3n) is 1.68. The summed E-state index contributed by atoms with van der Waals surface area (Å²) in [5.74, 6) is -0.229. The van der Waals surface area contributed by atoms with Crippen molar-refractivity contribution >= 4 is 5.69 Å². The highest BCUT2D eigenvalue weighted by Gasteiger charge is 2.03. The van der Waals surface area contributed by atoms with Crippen molar-refractivity contribution in [3.8, 4) is 0 Å². The Labute approximate surface area is 71.9 Å². The molecule has 0 unspecified atom stereocenters. The SMILES string of the molecule is C=CNc1c(C)cc(C)cc1F. The van der Waals surface area contributed by atoms with E-state index in [1.54, 1.807) is 0 Å². The predicted molar refractivity (Wildman–Crippen MR) is 49.7 cm³/mol. The minimum atomic E-state index is -0.229. The molecule has 12 heavy (non-hydrogen) atoms. The summed E-state index contributed by atoms with van der Waals surface area (Å²) in [6.07, 6.45) is 1.47. The van der Waals surface area contributed by atoms with Crippen LogP contribution in [0.25, 0.3) is 0 Å². The average molecular weight is 165 g/mol. The maximum absolute atomic E-state index is 13.2. The molecule has 0 aliphatic carbocycles. The van der Waals surface area contributed by atoms with Crippen LogP contribution in [0.4, 0.5) is 10.1 Å². The number of benzene rings is 1. The summed E-state index contributed by atoms with van der Waals surface area (Å²) < 4.78 is 13.2. The standard InChI is InChI=1S/C10H12FN/c1-4-12-10-8(3)5-7(2)6-9(10)11/h4-6,12H,1H2,2-3H3. The van der Waals surface area contributed by atoms with Crippen molar-refractivity contribution in [1.82, 2.24) is 0 Å². The Morgan fingerprint density at radius 1 is 1.42 bits per heavy atom. The molecule has 1 N–H and O–H groups in total. The van der Waals surface area contributed by atoms with Crippen LogP contribution < -0.4 is 5.32 Å². The van der Waals surface area contributed by atoms with Crippen LogP contribution in [-0.4, -0.2) is 0 Å². The van der Waals surface area contributed by atoms with Crippen molar-refractivity contribution in [3.63, 3.8) is 0 Å².